The Hall–Kier alpha value is -2.20. The highest BCUT2D eigenvalue weighted by molar-refractivity contribution is 5.43. The van der Waals surface area contributed by atoms with Gasteiger partial charge in [-0.2, -0.15) is 0 Å². The predicted octanol–water partition coefficient (Wildman–Crippen LogP) is 3.65. The van der Waals surface area contributed by atoms with E-state index in [1.54, 1.807) is 7.11 Å². The molecule has 0 unspecified atom stereocenters. The molecule has 3 rings (SSSR count). The molecule has 1 saturated carbocycles. The zero-order valence-corrected chi connectivity index (χ0v) is 14.2. The summed E-state index contributed by atoms with van der Waals surface area (Å²) in [4.78, 5) is 0. The van der Waals surface area contributed by atoms with Crippen molar-refractivity contribution in [1.29, 1.82) is 0 Å². The third-order valence-electron chi connectivity index (χ3n) is 4.04. The van der Waals surface area contributed by atoms with Crippen LogP contribution < -0.4 is 19.5 Å². The molecule has 0 bridgehead atoms. The van der Waals surface area contributed by atoms with E-state index in [1.165, 1.54) is 18.4 Å². The topological polar surface area (TPSA) is 39.7 Å². The number of hydrogen-bond acceptors (Lipinski definition) is 4. The SMILES string of the molecule is COc1cc(CNCC2CC2)ccc1OCCOc1ccccc1. The normalized spacial score (nSPS) is 13.5. The Morgan fingerprint density at radius 3 is 2.50 bits per heavy atom. The number of rotatable bonds is 10. The van der Waals surface area contributed by atoms with Crippen molar-refractivity contribution >= 4 is 0 Å². The molecule has 0 radical (unpaired) electrons. The van der Waals surface area contributed by atoms with Crippen LogP contribution in [0, 0.1) is 5.92 Å². The van der Waals surface area contributed by atoms with E-state index in [4.69, 9.17) is 14.2 Å². The summed E-state index contributed by atoms with van der Waals surface area (Å²) in [7, 11) is 1.67. The fourth-order valence-electron chi connectivity index (χ4n) is 2.51. The molecule has 128 valence electrons. The molecule has 0 amide bonds. The van der Waals surface area contributed by atoms with Crippen molar-refractivity contribution in [2.45, 2.75) is 19.4 Å². The second kappa shape index (κ2) is 8.60. The third kappa shape index (κ3) is 5.17. The first-order chi connectivity index (χ1) is 11.8. The van der Waals surface area contributed by atoms with Crippen LogP contribution in [-0.4, -0.2) is 26.9 Å². The lowest BCUT2D eigenvalue weighted by molar-refractivity contribution is 0.211. The molecule has 4 nitrogen and oxygen atoms in total. The maximum Gasteiger partial charge on any atom is 0.161 e. The molecule has 24 heavy (non-hydrogen) atoms. The highest BCUT2D eigenvalue weighted by Crippen LogP contribution is 2.29. The van der Waals surface area contributed by atoms with Gasteiger partial charge in [0.05, 0.1) is 7.11 Å². The van der Waals surface area contributed by atoms with Gasteiger partial charge >= 0.3 is 0 Å². The monoisotopic (exact) mass is 327 g/mol. The smallest absolute Gasteiger partial charge is 0.161 e. The number of nitrogens with one attached hydrogen (secondary N) is 1. The summed E-state index contributed by atoms with van der Waals surface area (Å²) in [5.41, 5.74) is 1.21. The van der Waals surface area contributed by atoms with Gasteiger partial charge in [0, 0.05) is 6.54 Å². The van der Waals surface area contributed by atoms with Gasteiger partial charge in [-0.25, -0.2) is 0 Å². The Kier molecular flexibility index (Phi) is 5.96. The molecule has 1 N–H and O–H groups in total. The number of ether oxygens (including phenoxy) is 3. The van der Waals surface area contributed by atoms with Crippen LogP contribution in [0.2, 0.25) is 0 Å². The van der Waals surface area contributed by atoms with E-state index >= 15 is 0 Å². The van der Waals surface area contributed by atoms with Crippen LogP contribution in [0.1, 0.15) is 18.4 Å². The molecule has 1 fully saturated rings. The molecule has 2 aromatic carbocycles. The Morgan fingerprint density at radius 1 is 0.958 bits per heavy atom. The average Bonchev–Trinajstić information content (AvgIpc) is 3.44. The van der Waals surface area contributed by atoms with Crippen molar-refractivity contribution in [3.05, 3.63) is 54.1 Å². The summed E-state index contributed by atoms with van der Waals surface area (Å²) in [5, 5.41) is 3.49. The van der Waals surface area contributed by atoms with Crippen LogP contribution >= 0.6 is 0 Å². The molecule has 1 aliphatic carbocycles. The van der Waals surface area contributed by atoms with Crippen LogP contribution in [0.3, 0.4) is 0 Å². The van der Waals surface area contributed by atoms with Gasteiger partial charge in [0.2, 0.25) is 0 Å². The van der Waals surface area contributed by atoms with E-state index in [0.29, 0.717) is 13.2 Å². The molecule has 0 aliphatic heterocycles. The largest absolute Gasteiger partial charge is 0.493 e. The lowest BCUT2D eigenvalue weighted by Crippen LogP contribution is -2.16. The van der Waals surface area contributed by atoms with Gasteiger partial charge in [-0.3, -0.25) is 0 Å². The first-order valence-corrected chi connectivity index (χ1v) is 8.53. The number of para-hydroxylation sites is 1. The van der Waals surface area contributed by atoms with E-state index in [9.17, 15) is 0 Å². The molecule has 0 atom stereocenters. The summed E-state index contributed by atoms with van der Waals surface area (Å²) in [6.45, 7) is 2.95. The molecule has 4 heteroatoms. The van der Waals surface area contributed by atoms with Crippen molar-refractivity contribution in [2.24, 2.45) is 5.92 Å². The number of benzene rings is 2. The van der Waals surface area contributed by atoms with E-state index in [2.05, 4.69) is 11.4 Å². The molecule has 2 aromatic rings. The lowest BCUT2D eigenvalue weighted by Gasteiger charge is -2.13. The zero-order chi connectivity index (χ0) is 16.6. The molecular formula is C20H25NO3. The maximum atomic E-state index is 5.79. The van der Waals surface area contributed by atoms with E-state index in [1.807, 2.05) is 42.5 Å². The summed E-state index contributed by atoms with van der Waals surface area (Å²) >= 11 is 0. The van der Waals surface area contributed by atoms with Crippen LogP contribution in [-0.2, 0) is 6.54 Å². The van der Waals surface area contributed by atoms with Crippen molar-refractivity contribution < 1.29 is 14.2 Å². The number of hydrogen-bond donors (Lipinski definition) is 1. The summed E-state index contributed by atoms with van der Waals surface area (Å²) in [6.07, 6.45) is 2.74. The quantitative estimate of drug-likeness (QED) is 0.676. The lowest BCUT2D eigenvalue weighted by atomic mass is 10.2. The van der Waals surface area contributed by atoms with Gasteiger partial charge in [-0.15, -0.1) is 0 Å². The second-order valence-electron chi connectivity index (χ2n) is 6.07. The van der Waals surface area contributed by atoms with Gasteiger partial charge in [-0.05, 0) is 55.1 Å². The first kappa shape index (κ1) is 16.7. The van der Waals surface area contributed by atoms with Gasteiger partial charge in [-0.1, -0.05) is 24.3 Å². The molecule has 0 aromatic heterocycles. The fraction of sp³-hybridized carbons (Fsp3) is 0.400. The average molecular weight is 327 g/mol. The van der Waals surface area contributed by atoms with Crippen molar-refractivity contribution in [2.75, 3.05) is 26.9 Å². The van der Waals surface area contributed by atoms with Crippen LogP contribution in [0.15, 0.2) is 48.5 Å². The highest BCUT2D eigenvalue weighted by Gasteiger charge is 2.20. The summed E-state index contributed by atoms with van der Waals surface area (Å²) in [5.74, 6) is 3.25. The van der Waals surface area contributed by atoms with Gasteiger partial charge < -0.3 is 19.5 Å². The minimum atomic E-state index is 0.477. The highest BCUT2D eigenvalue weighted by atomic mass is 16.5. The molecule has 0 spiro atoms. The van der Waals surface area contributed by atoms with E-state index < -0.39 is 0 Å². The second-order valence-corrected chi connectivity index (χ2v) is 6.07. The summed E-state index contributed by atoms with van der Waals surface area (Å²) in [6, 6.07) is 15.8. The van der Waals surface area contributed by atoms with Crippen molar-refractivity contribution in [1.82, 2.24) is 5.32 Å². The molecule has 1 aliphatic rings. The standard InChI is InChI=1S/C20H25NO3/c1-22-20-13-17(15-21-14-16-7-8-16)9-10-19(20)24-12-11-23-18-5-3-2-4-6-18/h2-6,9-10,13,16,21H,7-8,11-12,14-15H2,1H3. The Labute approximate surface area is 143 Å². The molecule has 0 heterocycles. The Morgan fingerprint density at radius 2 is 1.75 bits per heavy atom. The molecule has 0 saturated heterocycles. The third-order valence-corrected chi connectivity index (χ3v) is 4.04. The molecular weight excluding hydrogens is 302 g/mol. The van der Waals surface area contributed by atoms with Crippen LogP contribution in [0.4, 0.5) is 0 Å². The van der Waals surface area contributed by atoms with Gasteiger partial charge in [0.1, 0.15) is 19.0 Å². The Bertz CT molecular complexity index is 626. The maximum absolute atomic E-state index is 5.79. The predicted molar refractivity (Wildman–Crippen MR) is 94.9 cm³/mol. The van der Waals surface area contributed by atoms with Crippen molar-refractivity contribution in [3.63, 3.8) is 0 Å². The van der Waals surface area contributed by atoms with Gasteiger partial charge in [0.25, 0.3) is 0 Å². The Balaban J connectivity index is 1.45. The number of methoxy groups -OCH3 is 1. The van der Waals surface area contributed by atoms with Crippen LogP contribution in [0.5, 0.6) is 17.2 Å². The first-order valence-electron chi connectivity index (χ1n) is 8.53. The van der Waals surface area contributed by atoms with E-state index in [-0.39, 0.29) is 0 Å². The minimum Gasteiger partial charge on any atom is -0.493 e. The zero-order valence-electron chi connectivity index (χ0n) is 14.2. The minimum absolute atomic E-state index is 0.477. The summed E-state index contributed by atoms with van der Waals surface area (Å²) < 4.78 is 16.9. The van der Waals surface area contributed by atoms with Gasteiger partial charge in [0.15, 0.2) is 11.5 Å². The van der Waals surface area contributed by atoms with Crippen molar-refractivity contribution in [3.8, 4) is 17.2 Å². The van der Waals surface area contributed by atoms with Crippen LogP contribution in [0.25, 0.3) is 0 Å². The van der Waals surface area contributed by atoms with E-state index in [0.717, 1.165) is 36.3 Å². The fourth-order valence-corrected chi connectivity index (χ4v) is 2.51.